The highest BCUT2D eigenvalue weighted by Gasteiger charge is 2.23. The molecule has 0 radical (unpaired) electrons. The Labute approximate surface area is 135 Å². The van der Waals surface area contributed by atoms with E-state index in [1.165, 1.54) is 0 Å². The van der Waals surface area contributed by atoms with Crippen molar-refractivity contribution >= 4 is 5.91 Å². The fourth-order valence-corrected chi connectivity index (χ4v) is 2.57. The molecule has 0 saturated carbocycles. The molecule has 0 unspecified atom stereocenters. The number of hydrogen-bond acceptors (Lipinski definition) is 4. The van der Waals surface area contributed by atoms with E-state index in [9.17, 15) is 4.79 Å². The molecule has 122 valence electrons. The van der Waals surface area contributed by atoms with Gasteiger partial charge < -0.3 is 18.9 Å². The van der Waals surface area contributed by atoms with Crippen molar-refractivity contribution < 1.29 is 14.3 Å². The van der Waals surface area contributed by atoms with Crippen molar-refractivity contribution in [3.63, 3.8) is 0 Å². The molecule has 1 aromatic carbocycles. The first-order valence-corrected chi connectivity index (χ1v) is 7.87. The zero-order chi connectivity index (χ0) is 16.1. The number of carbonyl (C=O) groups excluding carboxylic acids is 1. The van der Waals surface area contributed by atoms with Crippen LogP contribution in [0.5, 0.6) is 5.75 Å². The van der Waals surface area contributed by atoms with Gasteiger partial charge in [0.05, 0.1) is 24.7 Å². The average Bonchev–Trinajstić information content (AvgIpc) is 3.14. The normalized spacial score (nSPS) is 18.0. The van der Waals surface area contributed by atoms with Gasteiger partial charge in [-0.05, 0) is 18.6 Å². The van der Waals surface area contributed by atoms with Gasteiger partial charge in [0, 0.05) is 31.5 Å². The summed E-state index contributed by atoms with van der Waals surface area (Å²) in [7, 11) is 0. The lowest BCUT2D eigenvalue weighted by molar-refractivity contribution is -0.141. The predicted molar refractivity (Wildman–Crippen MR) is 85.7 cm³/mol. The van der Waals surface area contributed by atoms with Gasteiger partial charge in [-0.2, -0.15) is 0 Å². The molecule has 1 aliphatic rings. The molecule has 0 aliphatic carbocycles. The molecule has 1 aliphatic heterocycles. The molecule has 2 heterocycles. The molecule has 1 saturated heterocycles. The number of hydrogen-bond donors (Lipinski definition) is 0. The summed E-state index contributed by atoms with van der Waals surface area (Å²) in [5.41, 5.74) is 0.949. The monoisotopic (exact) mass is 315 g/mol. The second-order valence-corrected chi connectivity index (χ2v) is 5.50. The highest BCUT2D eigenvalue weighted by atomic mass is 16.5. The van der Waals surface area contributed by atoms with Gasteiger partial charge in [0.1, 0.15) is 5.75 Å². The van der Waals surface area contributed by atoms with Gasteiger partial charge >= 0.3 is 0 Å². The Morgan fingerprint density at radius 1 is 1.48 bits per heavy atom. The number of rotatable bonds is 5. The second kappa shape index (κ2) is 7.28. The third-order valence-corrected chi connectivity index (χ3v) is 3.93. The number of nitrogens with zero attached hydrogens (tertiary/aromatic N) is 3. The van der Waals surface area contributed by atoms with Crippen molar-refractivity contribution in [1.82, 2.24) is 14.5 Å². The van der Waals surface area contributed by atoms with E-state index in [2.05, 4.69) is 11.9 Å². The van der Waals surface area contributed by atoms with Gasteiger partial charge in [-0.3, -0.25) is 4.79 Å². The van der Waals surface area contributed by atoms with Crippen LogP contribution < -0.4 is 4.74 Å². The number of aromatic nitrogens is 2. The summed E-state index contributed by atoms with van der Waals surface area (Å²) in [4.78, 5) is 18.1. The van der Waals surface area contributed by atoms with Crippen molar-refractivity contribution in [2.24, 2.45) is 0 Å². The number of morpholine rings is 1. The van der Waals surface area contributed by atoms with E-state index in [4.69, 9.17) is 9.47 Å². The van der Waals surface area contributed by atoms with Gasteiger partial charge in [-0.1, -0.05) is 13.0 Å². The lowest BCUT2D eigenvalue weighted by Gasteiger charge is -2.32. The van der Waals surface area contributed by atoms with Gasteiger partial charge in [-0.25, -0.2) is 4.98 Å². The third kappa shape index (κ3) is 3.90. The fraction of sp³-hybridized carbons (Fsp3) is 0.412. The molecule has 6 nitrogen and oxygen atoms in total. The lowest BCUT2D eigenvalue weighted by atomic mass is 10.2. The van der Waals surface area contributed by atoms with Crippen LogP contribution in [-0.4, -0.2) is 52.8 Å². The maximum atomic E-state index is 12.3. The van der Waals surface area contributed by atoms with E-state index in [-0.39, 0.29) is 18.6 Å². The third-order valence-electron chi connectivity index (χ3n) is 3.93. The molecule has 3 rings (SSSR count). The summed E-state index contributed by atoms with van der Waals surface area (Å²) in [6.07, 6.45) is 6.36. The molecular weight excluding hydrogens is 294 g/mol. The van der Waals surface area contributed by atoms with E-state index in [1.54, 1.807) is 12.5 Å². The Morgan fingerprint density at radius 2 is 2.39 bits per heavy atom. The van der Waals surface area contributed by atoms with Crippen LogP contribution in [0.25, 0.3) is 5.69 Å². The van der Waals surface area contributed by atoms with E-state index < -0.39 is 0 Å². The summed E-state index contributed by atoms with van der Waals surface area (Å²) in [5.74, 6) is 0.671. The van der Waals surface area contributed by atoms with Crippen LogP contribution in [0.2, 0.25) is 0 Å². The largest absolute Gasteiger partial charge is 0.484 e. The van der Waals surface area contributed by atoms with Gasteiger partial charge in [0.15, 0.2) is 6.61 Å². The quantitative estimate of drug-likeness (QED) is 0.845. The minimum absolute atomic E-state index is 0.000200. The van der Waals surface area contributed by atoms with E-state index in [0.29, 0.717) is 25.4 Å². The minimum Gasteiger partial charge on any atom is -0.484 e. The number of benzene rings is 1. The number of ether oxygens (including phenoxy) is 2. The Morgan fingerprint density at radius 3 is 3.17 bits per heavy atom. The molecule has 0 bridgehead atoms. The van der Waals surface area contributed by atoms with Gasteiger partial charge in [0.25, 0.3) is 5.91 Å². The SMILES string of the molecule is CC[C@@H]1CN(C(=O)COc2cccc(-n3ccnc3)c2)CCO1. The molecule has 1 atom stereocenters. The molecule has 0 spiro atoms. The van der Waals surface area contributed by atoms with Gasteiger partial charge in [-0.15, -0.1) is 0 Å². The first-order valence-electron chi connectivity index (χ1n) is 7.87. The average molecular weight is 315 g/mol. The maximum absolute atomic E-state index is 12.3. The molecule has 1 aromatic heterocycles. The van der Waals surface area contributed by atoms with Crippen molar-refractivity contribution in [3.8, 4) is 11.4 Å². The van der Waals surface area contributed by atoms with Crippen LogP contribution in [-0.2, 0) is 9.53 Å². The Hall–Kier alpha value is -2.34. The number of amides is 1. The molecule has 1 amide bonds. The molecule has 23 heavy (non-hydrogen) atoms. The summed E-state index contributed by atoms with van der Waals surface area (Å²) in [5, 5.41) is 0. The summed E-state index contributed by atoms with van der Waals surface area (Å²) in [6.45, 7) is 3.99. The predicted octanol–water partition coefficient (Wildman–Crippen LogP) is 1.89. The van der Waals surface area contributed by atoms with Crippen LogP contribution in [0.1, 0.15) is 13.3 Å². The molecule has 6 heteroatoms. The molecule has 0 N–H and O–H groups in total. The first-order chi connectivity index (χ1) is 11.3. The van der Waals surface area contributed by atoms with Crippen LogP contribution >= 0.6 is 0 Å². The van der Waals surface area contributed by atoms with Crippen LogP contribution in [0.15, 0.2) is 43.0 Å². The summed E-state index contributed by atoms with van der Waals surface area (Å²) >= 11 is 0. The van der Waals surface area contributed by atoms with E-state index >= 15 is 0 Å². The zero-order valence-corrected chi connectivity index (χ0v) is 13.2. The minimum atomic E-state index is -0.000200. The topological polar surface area (TPSA) is 56.6 Å². The van der Waals surface area contributed by atoms with Crippen molar-refractivity contribution in [2.45, 2.75) is 19.4 Å². The van der Waals surface area contributed by atoms with Crippen molar-refractivity contribution in [3.05, 3.63) is 43.0 Å². The molecular formula is C17H21N3O3. The smallest absolute Gasteiger partial charge is 0.260 e. The maximum Gasteiger partial charge on any atom is 0.260 e. The Kier molecular flexibility index (Phi) is 4.92. The molecule has 1 fully saturated rings. The lowest BCUT2D eigenvalue weighted by Crippen LogP contribution is -2.47. The van der Waals surface area contributed by atoms with E-state index in [0.717, 1.165) is 12.1 Å². The Bertz CT molecular complexity index is 642. The highest BCUT2D eigenvalue weighted by Crippen LogP contribution is 2.17. The number of carbonyl (C=O) groups is 1. The van der Waals surface area contributed by atoms with Crippen molar-refractivity contribution in [1.29, 1.82) is 0 Å². The molecule has 2 aromatic rings. The summed E-state index contributed by atoms with van der Waals surface area (Å²) < 4.78 is 13.1. The van der Waals surface area contributed by atoms with E-state index in [1.807, 2.05) is 39.9 Å². The van der Waals surface area contributed by atoms with Crippen LogP contribution in [0, 0.1) is 0 Å². The van der Waals surface area contributed by atoms with Crippen molar-refractivity contribution in [2.75, 3.05) is 26.3 Å². The van der Waals surface area contributed by atoms with Gasteiger partial charge in [0.2, 0.25) is 0 Å². The summed E-state index contributed by atoms with van der Waals surface area (Å²) in [6, 6.07) is 7.60. The van der Waals surface area contributed by atoms with Crippen LogP contribution in [0.4, 0.5) is 0 Å². The fourth-order valence-electron chi connectivity index (χ4n) is 2.57. The first kappa shape index (κ1) is 15.6. The van der Waals surface area contributed by atoms with Crippen LogP contribution in [0.3, 0.4) is 0 Å². The highest BCUT2D eigenvalue weighted by molar-refractivity contribution is 5.77. The second-order valence-electron chi connectivity index (χ2n) is 5.50. The number of imidazole rings is 1. The Balaban J connectivity index is 1.58. The standard InChI is InChI=1S/C17H21N3O3/c1-2-15-11-19(8-9-22-15)17(21)12-23-16-5-3-4-14(10-16)20-7-6-18-13-20/h3-7,10,13,15H,2,8-9,11-12H2,1H3/t15-/m1/s1. The zero-order valence-electron chi connectivity index (χ0n) is 13.2.